The predicted octanol–water partition coefficient (Wildman–Crippen LogP) is 3.98. The van der Waals surface area contributed by atoms with Gasteiger partial charge in [-0.25, -0.2) is 0 Å². The van der Waals surface area contributed by atoms with Crippen LogP contribution in [0.25, 0.3) is 11.4 Å². The number of aromatic nitrogens is 3. The van der Waals surface area contributed by atoms with Crippen LogP contribution in [0.15, 0.2) is 53.7 Å². The number of benzene rings is 1. The first kappa shape index (κ1) is 15.7. The van der Waals surface area contributed by atoms with Crippen molar-refractivity contribution in [3.8, 4) is 17.1 Å². The van der Waals surface area contributed by atoms with Crippen LogP contribution in [-0.4, -0.2) is 27.6 Å². The van der Waals surface area contributed by atoms with E-state index in [0.717, 1.165) is 22.3 Å². The molecule has 0 saturated heterocycles. The second kappa shape index (κ2) is 7.33. The summed E-state index contributed by atoms with van der Waals surface area (Å²) in [6.45, 7) is 8.10. The molecule has 1 aromatic heterocycles. The Bertz CT molecular complexity index is 637. The molecule has 0 amide bonds. The van der Waals surface area contributed by atoms with E-state index in [0.29, 0.717) is 17.3 Å². The number of ether oxygens (including phenoxy) is 1. The van der Waals surface area contributed by atoms with Gasteiger partial charge >= 0.3 is 0 Å². The molecule has 1 heterocycles. The van der Waals surface area contributed by atoms with E-state index in [1.807, 2.05) is 34.9 Å². The van der Waals surface area contributed by atoms with Gasteiger partial charge in [-0.05, 0) is 24.3 Å². The minimum Gasteiger partial charge on any atom is -0.497 e. The zero-order chi connectivity index (χ0) is 15.2. The Hall–Kier alpha value is -1.72. The van der Waals surface area contributed by atoms with Crippen molar-refractivity contribution in [2.24, 2.45) is 0 Å². The maximum Gasteiger partial charge on any atom is 0.192 e. The molecule has 0 spiro atoms. The van der Waals surface area contributed by atoms with Crippen molar-refractivity contribution < 1.29 is 4.74 Å². The summed E-state index contributed by atoms with van der Waals surface area (Å²) in [5, 5.41) is 9.87. The van der Waals surface area contributed by atoms with Crippen LogP contribution in [0.4, 0.5) is 0 Å². The Morgan fingerprint density at radius 1 is 1.38 bits per heavy atom. The second-order valence-electron chi connectivity index (χ2n) is 4.24. The van der Waals surface area contributed by atoms with Gasteiger partial charge in [-0.2, -0.15) is 0 Å². The summed E-state index contributed by atoms with van der Waals surface area (Å²) < 4.78 is 7.16. The van der Waals surface area contributed by atoms with E-state index in [4.69, 9.17) is 16.3 Å². The minimum absolute atomic E-state index is 0.583. The molecule has 0 aliphatic rings. The van der Waals surface area contributed by atoms with Crippen LogP contribution in [0.2, 0.25) is 0 Å². The van der Waals surface area contributed by atoms with Gasteiger partial charge in [-0.3, -0.25) is 4.57 Å². The highest BCUT2D eigenvalue weighted by molar-refractivity contribution is 7.99. The molecule has 0 N–H and O–H groups in total. The molecule has 0 aliphatic carbocycles. The molecule has 0 saturated carbocycles. The van der Waals surface area contributed by atoms with Gasteiger partial charge in [0.1, 0.15) is 5.75 Å². The summed E-state index contributed by atoms with van der Waals surface area (Å²) in [4.78, 5) is 0. The van der Waals surface area contributed by atoms with Gasteiger partial charge in [0.15, 0.2) is 11.0 Å². The first-order valence-electron chi connectivity index (χ1n) is 6.30. The fourth-order valence-corrected chi connectivity index (χ4v) is 2.65. The van der Waals surface area contributed by atoms with E-state index in [-0.39, 0.29) is 0 Å². The van der Waals surface area contributed by atoms with Gasteiger partial charge in [0.2, 0.25) is 0 Å². The molecule has 1 aromatic carbocycles. The minimum atomic E-state index is 0.583. The molecule has 2 rings (SSSR count). The molecule has 0 bridgehead atoms. The third kappa shape index (κ3) is 3.89. The van der Waals surface area contributed by atoms with Gasteiger partial charge in [0, 0.05) is 22.9 Å². The van der Waals surface area contributed by atoms with Crippen LogP contribution in [0.1, 0.15) is 0 Å². The van der Waals surface area contributed by atoms with Crippen molar-refractivity contribution in [1.82, 2.24) is 14.8 Å². The number of nitrogens with zero attached hydrogens (tertiary/aromatic N) is 3. The van der Waals surface area contributed by atoms with Crippen molar-refractivity contribution in [1.29, 1.82) is 0 Å². The molecule has 0 fully saturated rings. The second-order valence-corrected chi connectivity index (χ2v) is 5.72. The van der Waals surface area contributed by atoms with E-state index < -0.39 is 0 Å². The van der Waals surface area contributed by atoms with Crippen molar-refractivity contribution in [2.45, 2.75) is 11.7 Å². The maximum absolute atomic E-state index is 5.81. The zero-order valence-electron chi connectivity index (χ0n) is 11.8. The lowest BCUT2D eigenvalue weighted by Crippen LogP contribution is -2.01. The number of methoxy groups -OCH3 is 1. The number of thioether (sulfide) groups is 1. The predicted molar refractivity (Wildman–Crippen MR) is 87.9 cm³/mol. The van der Waals surface area contributed by atoms with Crippen molar-refractivity contribution in [2.75, 3.05) is 12.9 Å². The van der Waals surface area contributed by atoms with Crippen LogP contribution in [0.5, 0.6) is 5.75 Å². The van der Waals surface area contributed by atoms with Gasteiger partial charge < -0.3 is 4.74 Å². The summed E-state index contributed by atoms with van der Waals surface area (Å²) in [6.07, 6.45) is 1.82. The summed E-state index contributed by atoms with van der Waals surface area (Å²) in [6, 6.07) is 7.71. The highest BCUT2D eigenvalue weighted by Gasteiger charge is 2.13. The van der Waals surface area contributed by atoms with Crippen molar-refractivity contribution in [3.63, 3.8) is 0 Å². The Kier molecular flexibility index (Phi) is 5.47. The Morgan fingerprint density at radius 2 is 2.10 bits per heavy atom. The largest absolute Gasteiger partial charge is 0.497 e. The lowest BCUT2D eigenvalue weighted by Gasteiger charge is -2.08. The summed E-state index contributed by atoms with van der Waals surface area (Å²) in [5.74, 6) is 2.20. The average molecular weight is 322 g/mol. The smallest absolute Gasteiger partial charge is 0.192 e. The number of rotatable bonds is 7. The SMILES string of the molecule is C=CCn1c(SCC(=C)Cl)nnc1-c1ccc(OC)cc1. The van der Waals surface area contributed by atoms with Crippen LogP contribution in [-0.2, 0) is 6.54 Å². The van der Waals surface area contributed by atoms with E-state index in [2.05, 4.69) is 23.4 Å². The lowest BCUT2D eigenvalue weighted by atomic mass is 10.2. The third-order valence-corrected chi connectivity index (χ3v) is 4.08. The van der Waals surface area contributed by atoms with Crippen LogP contribution < -0.4 is 4.74 Å². The molecule has 0 atom stereocenters. The molecule has 0 aliphatic heterocycles. The van der Waals surface area contributed by atoms with E-state index in [1.165, 1.54) is 11.8 Å². The first-order chi connectivity index (χ1) is 10.2. The first-order valence-corrected chi connectivity index (χ1v) is 7.66. The lowest BCUT2D eigenvalue weighted by molar-refractivity contribution is 0.415. The molecule has 2 aromatic rings. The molecule has 0 radical (unpaired) electrons. The summed E-state index contributed by atoms with van der Waals surface area (Å²) >= 11 is 7.31. The van der Waals surface area contributed by atoms with Crippen LogP contribution >= 0.6 is 23.4 Å². The number of hydrogen-bond donors (Lipinski definition) is 0. The topological polar surface area (TPSA) is 39.9 Å². The quantitative estimate of drug-likeness (QED) is 0.571. The zero-order valence-corrected chi connectivity index (χ0v) is 13.3. The Morgan fingerprint density at radius 3 is 2.67 bits per heavy atom. The van der Waals surface area contributed by atoms with Gasteiger partial charge in [0.05, 0.1) is 7.11 Å². The standard InChI is InChI=1S/C15H16ClN3OS/c1-4-9-19-14(12-5-7-13(20-3)8-6-12)17-18-15(19)21-10-11(2)16/h4-8H,1-2,9-10H2,3H3. The molecular formula is C15H16ClN3OS. The van der Waals surface area contributed by atoms with E-state index in [1.54, 1.807) is 7.11 Å². The number of halogens is 1. The third-order valence-electron chi connectivity index (χ3n) is 2.73. The van der Waals surface area contributed by atoms with Crippen molar-refractivity contribution in [3.05, 3.63) is 48.5 Å². The summed E-state index contributed by atoms with van der Waals surface area (Å²) in [7, 11) is 1.64. The normalized spacial score (nSPS) is 10.4. The van der Waals surface area contributed by atoms with Gasteiger partial charge in [-0.15, -0.1) is 16.8 Å². The Labute approximate surface area is 133 Å². The van der Waals surface area contributed by atoms with Gasteiger partial charge in [0.25, 0.3) is 0 Å². The van der Waals surface area contributed by atoms with E-state index in [9.17, 15) is 0 Å². The summed E-state index contributed by atoms with van der Waals surface area (Å²) in [5.41, 5.74) is 0.974. The maximum atomic E-state index is 5.81. The molecule has 110 valence electrons. The van der Waals surface area contributed by atoms with Crippen molar-refractivity contribution >= 4 is 23.4 Å². The molecule has 6 heteroatoms. The molecular weight excluding hydrogens is 306 g/mol. The highest BCUT2D eigenvalue weighted by Crippen LogP contribution is 2.26. The average Bonchev–Trinajstić information content (AvgIpc) is 2.88. The molecule has 0 unspecified atom stereocenters. The molecule has 21 heavy (non-hydrogen) atoms. The van der Waals surface area contributed by atoms with E-state index >= 15 is 0 Å². The fraction of sp³-hybridized carbons (Fsp3) is 0.200. The molecule has 4 nitrogen and oxygen atoms in total. The monoisotopic (exact) mass is 321 g/mol. The Balaban J connectivity index is 2.33. The van der Waals surface area contributed by atoms with Crippen LogP contribution in [0, 0.1) is 0 Å². The van der Waals surface area contributed by atoms with Gasteiger partial charge in [-0.1, -0.05) is 36.0 Å². The highest BCUT2D eigenvalue weighted by atomic mass is 35.5. The van der Waals surface area contributed by atoms with Crippen LogP contribution in [0.3, 0.4) is 0 Å². The number of hydrogen-bond acceptors (Lipinski definition) is 4. The number of allylic oxidation sites excluding steroid dienone is 1. The fourth-order valence-electron chi connectivity index (χ4n) is 1.79.